The number of thiazole rings is 1. The van der Waals surface area contributed by atoms with Crippen molar-refractivity contribution in [2.24, 2.45) is 0 Å². The van der Waals surface area contributed by atoms with Gasteiger partial charge >= 0.3 is 0 Å². The zero-order valence-corrected chi connectivity index (χ0v) is 16.1. The highest BCUT2D eigenvalue weighted by molar-refractivity contribution is 7.12. The van der Waals surface area contributed by atoms with Crippen LogP contribution in [0.25, 0.3) is 5.13 Å². The highest BCUT2D eigenvalue weighted by atomic mass is 32.1. The molecule has 0 aromatic carbocycles. The first kappa shape index (κ1) is 18.1. The van der Waals surface area contributed by atoms with E-state index in [9.17, 15) is 4.79 Å². The van der Waals surface area contributed by atoms with Gasteiger partial charge in [-0.25, -0.2) is 9.97 Å². The number of carbonyl (C=O) groups is 1. The molecule has 0 fully saturated rings. The van der Waals surface area contributed by atoms with Crippen molar-refractivity contribution in [1.29, 1.82) is 0 Å². The zero-order chi connectivity index (χ0) is 18.7. The van der Waals surface area contributed by atoms with Crippen LogP contribution in [0.15, 0.2) is 36.0 Å². The van der Waals surface area contributed by atoms with Gasteiger partial charge in [-0.15, -0.1) is 11.3 Å². The third-order valence-corrected chi connectivity index (χ3v) is 4.65. The lowest BCUT2D eigenvalue weighted by molar-refractivity contribution is 0.0950. The van der Waals surface area contributed by atoms with E-state index in [0.29, 0.717) is 18.0 Å². The van der Waals surface area contributed by atoms with Crippen LogP contribution in [0, 0.1) is 13.8 Å². The molecule has 136 valence electrons. The van der Waals surface area contributed by atoms with Gasteiger partial charge in [-0.1, -0.05) is 6.07 Å². The summed E-state index contributed by atoms with van der Waals surface area (Å²) in [6, 6.07) is 5.61. The van der Waals surface area contributed by atoms with Gasteiger partial charge in [-0.05, 0) is 39.3 Å². The second kappa shape index (κ2) is 7.70. The fourth-order valence-electron chi connectivity index (χ4n) is 2.72. The molecule has 0 aliphatic rings. The van der Waals surface area contributed by atoms with Gasteiger partial charge in [0.1, 0.15) is 0 Å². The number of amides is 1. The Balaban J connectivity index is 1.68. The molecule has 0 spiro atoms. The van der Waals surface area contributed by atoms with Crippen molar-refractivity contribution in [1.82, 2.24) is 19.9 Å². The van der Waals surface area contributed by atoms with Gasteiger partial charge in [-0.3, -0.25) is 9.36 Å². The number of hydrogen-bond donors (Lipinski definition) is 1. The average Bonchev–Trinajstić information content (AvgIpc) is 3.21. The summed E-state index contributed by atoms with van der Waals surface area (Å²) >= 11 is 1.55. The molecular formula is C19H22N4O2S. The topological polar surface area (TPSA) is 69.0 Å². The number of hydrogen-bond acceptors (Lipinski definition) is 5. The Labute approximate surface area is 156 Å². The molecule has 26 heavy (non-hydrogen) atoms. The SMILES string of the molecule is Cc1cc(C(=O)NCc2ccc(OC(C)C)nc2)c(C)n1-c1nccs1. The van der Waals surface area contributed by atoms with Gasteiger partial charge in [0.05, 0.1) is 11.7 Å². The van der Waals surface area contributed by atoms with E-state index in [1.165, 1.54) is 0 Å². The number of ether oxygens (including phenoxy) is 1. The predicted octanol–water partition coefficient (Wildman–Crippen LogP) is 3.66. The Kier molecular flexibility index (Phi) is 5.37. The van der Waals surface area contributed by atoms with Crippen LogP contribution < -0.4 is 10.1 Å². The maximum Gasteiger partial charge on any atom is 0.253 e. The predicted molar refractivity (Wildman–Crippen MR) is 102 cm³/mol. The van der Waals surface area contributed by atoms with Crippen LogP contribution in [0.1, 0.15) is 41.2 Å². The molecular weight excluding hydrogens is 348 g/mol. The van der Waals surface area contributed by atoms with E-state index in [0.717, 1.165) is 22.1 Å². The van der Waals surface area contributed by atoms with Gasteiger partial charge in [-0.2, -0.15) is 0 Å². The molecule has 0 saturated heterocycles. The number of aryl methyl sites for hydroxylation is 1. The summed E-state index contributed by atoms with van der Waals surface area (Å²) in [5, 5.41) is 5.74. The molecule has 7 heteroatoms. The molecule has 6 nitrogen and oxygen atoms in total. The van der Waals surface area contributed by atoms with Crippen LogP contribution in [-0.4, -0.2) is 26.5 Å². The summed E-state index contributed by atoms with van der Waals surface area (Å²) in [6.45, 7) is 8.23. The Morgan fingerprint density at radius 1 is 1.31 bits per heavy atom. The Hall–Kier alpha value is -2.67. The third kappa shape index (κ3) is 3.94. The van der Waals surface area contributed by atoms with E-state index in [1.807, 2.05) is 55.8 Å². The van der Waals surface area contributed by atoms with E-state index in [-0.39, 0.29) is 12.0 Å². The molecule has 1 amide bonds. The summed E-state index contributed by atoms with van der Waals surface area (Å²) in [6.07, 6.45) is 3.57. The van der Waals surface area contributed by atoms with Crippen LogP contribution in [0.3, 0.4) is 0 Å². The van der Waals surface area contributed by atoms with Gasteiger partial charge in [0.25, 0.3) is 5.91 Å². The summed E-state index contributed by atoms with van der Waals surface area (Å²) in [5.41, 5.74) is 3.45. The van der Waals surface area contributed by atoms with Crippen LogP contribution in [0.5, 0.6) is 5.88 Å². The number of nitrogens with one attached hydrogen (secondary N) is 1. The van der Waals surface area contributed by atoms with Crippen LogP contribution in [0.2, 0.25) is 0 Å². The smallest absolute Gasteiger partial charge is 0.253 e. The quantitative estimate of drug-likeness (QED) is 0.719. The summed E-state index contributed by atoms with van der Waals surface area (Å²) in [5.74, 6) is 0.477. The fourth-order valence-corrected chi connectivity index (χ4v) is 3.47. The van der Waals surface area contributed by atoms with Crippen LogP contribution >= 0.6 is 11.3 Å². The minimum Gasteiger partial charge on any atom is -0.475 e. The van der Waals surface area contributed by atoms with Crippen molar-refractivity contribution >= 4 is 17.2 Å². The van der Waals surface area contributed by atoms with Crippen molar-refractivity contribution in [3.63, 3.8) is 0 Å². The number of aromatic nitrogens is 3. The van der Waals surface area contributed by atoms with E-state index in [2.05, 4.69) is 15.3 Å². The fraction of sp³-hybridized carbons (Fsp3) is 0.316. The van der Waals surface area contributed by atoms with Crippen molar-refractivity contribution in [2.75, 3.05) is 0 Å². The lowest BCUT2D eigenvalue weighted by atomic mass is 10.2. The van der Waals surface area contributed by atoms with E-state index < -0.39 is 0 Å². The first-order valence-electron chi connectivity index (χ1n) is 8.44. The molecule has 0 atom stereocenters. The molecule has 0 bridgehead atoms. The maximum absolute atomic E-state index is 12.6. The van der Waals surface area contributed by atoms with Gasteiger partial charge in [0.2, 0.25) is 5.88 Å². The van der Waals surface area contributed by atoms with Crippen LogP contribution in [0.4, 0.5) is 0 Å². The standard InChI is InChI=1S/C19H22N4O2S/c1-12(2)25-17-6-5-15(10-21-17)11-22-18(24)16-9-13(3)23(14(16)4)19-20-7-8-26-19/h5-10,12H,11H2,1-4H3,(H,22,24). The summed E-state index contributed by atoms with van der Waals surface area (Å²) < 4.78 is 7.52. The second-order valence-corrected chi connectivity index (χ2v) is 7.16. The van der Waals surface area contributed by atoms with E-state index in [1.54, 1.807) is 23.7 Å². The Bertz CT molecular complexity index is 883. The van der Waals surface area contributed by atoms with Gasteiger partial charge in [0, 0.05) is 41.8 Å². The van der Waals surface area contributed by atoms with Crippen molar-refractivity contribution in [3.05, 3.63) is 58.5 Å². The number of carbonyl (C=O) groups excluding carboxylic acids is 1. The lowest BCUT2D eigenvalue weighted by Crippen LogP contribution is -2.23. The largest absolute Gasteiger partial charge is 0.475 e. The monoisotopic (exact) mass is 370 g/mol. The molecule has 0 saturated carbocycles. The van der Waals surface area contributed by atoms with Crippen LogP contribution in [-0.2, 0) is 6.54 Å². The summed E-state index contributed by atoms with van der Waals surface area (Å²) in [7, 11) is 0. The second-order valence-electron chi connectivity index (χ2n) is 6.29. The first-order chi connectivity index (χ1) is 12.5. The Morgan fingerprint density at radius 2 is 2.12 bits per heavy atom. The van der Waals surface area contributed by atoms with Crippen molar-refractivity contribution in [2.45, 2.75) is 40.3 Å². The number of nitrogens with zero attached hydrogens (tertiary/aromatic N) is 3. The van der Waals surface area contributed by atoms with E-state index in [4.69, 9.17) is 4.74 Å². The minimum atomic E-state index is -0.108. The molecule has 0 aliphatic heterocycles. The highest BCUT2D eigenvalue weighted by Gasteiger charge is 2.17. The number of rotatable bonds is 6. The normalized spacial score (nSPS) is 11.0. The van der Waals surface area contributed by atoms with Gasteiger partial charge < -0.3 is 10.1 Å². The molecule has 0 unspecified atom stereocenters. The van der Waals surface area contributed by atoms with Crippen molar-refractivity contribution in [3.8, 4) is 11.0 Å². The molecule has 3 rings (SSSR count). The molecule has 3 aromatic rings. The van der Waals surface area contributed by atoms with E-state index >= 15 is 0 Å². The molecule has 3 aromatic heterocycles. The molecule has 0 radical (unpaired) electrons. The Morgan fingerprint density at radius 3 is 2.73 bits per heavy atom. The summed E-state index contributed by atoms with van der Waals surface area (Å²) in [4.78, 5) is 21.2. The third-order valence-electron chi connectivity index (χ3n) is 3.89. The van der Waals surface area contributed by atoms with Gasteiger partial charge in [0.15, 0.2) is 5.13 Å². The molecule has 0 aliphatic carbocycles. The highest BCUT2D eigenvalue weighted by Crippen LogP contribution is 2.22. The average molecular weight is 370 g/mol. The maximum atomic E-state index is 12.6. The number of pyridine rings is 1. The zero-order valence-electron chi connectivity index (χ0n) is 15.3. The lowest BCUT2D eigenvalue weighted by Gasteiger charge is -2.09. The molecule has 3 heterocycles. The van der Waals surface area contributed by atoms with Crippen molar-refractivity contribution < 1.29 is 9.53 Å². The minimum absolute atomic E-state index is 0.0844. The first-order valence-corrected chi connectivity index (χ1v) is 9.32. The molecule has 1 N–H and O–H groups in total.